The Morgan fingerprint density at radius 1 is 0.854 bits per heavy atom. The number of carbonyl (C=O) groups is 4. The van der Waals surface area contributed by atoms with Gasteiger partial charge in [0.1, 0.15) is 6.04 Å². The zero-order chi connectivity index (χ0) is 30.0. The molecule has 216 valence electrons. The molecule has 5 N–H and O–H groups in total. The van der Waals surface area contributed by atoms with Crippen molar-refractivity contribution in [1.29, 1.82) is 0 Å². The van der Waals surface area contributed by atoms with Crippen LogP contribution in [0.3, 0.4) is 0 Å². The molecule has 3 atom stereocenters. The summed E-state index contributed by atoms with van der Waals surface area (Å²) in [4.78, 5) is 48.7. The second-order valence-electron chi connectivity index (χ2n) is 10.4. The number of primary amides is 1. The molecule has 9 heteroatoms. The Bertz CT molecular complexity index is 1340. The van der Waals surface area contributed by atoms with Gasteiger partial charge in [0.2, 0.25) is 11.8 Å². The topological polar surface area (TPSA) is 151 Å². The predicted octanol–water partition coefficient (Wildman–Crippen LogP) is 3.12. The third-order valence-electron chi connectivity index (χ3n) is 6.57. The first-order valence-electron chi connectivity index (χ1n) is 13.5. The fourth-order valence-corrected chi connectivity index (χ4v) is 4.13. The third-order valence-corrected chi connectivity index (χ3v) is 6.57. The maximum Gasteiger partial charge on any atom is 0.251 e. The average molecular weight is 560 g/mol. The molecule has 2 unspecified atom stereocenters. The molecule has 3 aromatic carbocycles. The zero-order valence-corrected chi connectivity index (χ0v) is 23.5. The molecule has 1 saturated heterocycles. The van der Waals surface area contributed by atoms with Gasteiger partial charge in [-0.25, -0.2) is 0 Å². The van der Waals surface area contributed by atoms with E-state index in [1.165, 1.54) is 0 Å². The van der Waals surface area contributed by atoms with E-state index in [0.717, 1.165) is 11.1 Å². The van der Waals surface area contributed by atoms with Crippen molar-refractivity contribution in [2.24, 2.45) is 11.7 Å². The first kappa shape index (κ1) is 31.2. The summed E-state index contributed by atoms with van der Waals surface area (Å²) < 4.78 is 5.16. The van der Waals surface area contributed by atoms with Crippen molar-refractivity contribution >= 4 is 23.5 Å². The summed E-state index contributed by atoms with van der Waals surface area (Å²) in [5.74, 6) is -1.42. The van der Waals surface area contributed by atoms with Gasteiger partial charge in [-0.05, 0) is 54.7 Å². The largest absolute Gasteiger partial charge is 0.393 e. The van der Waals surface area contributed by atoms with E-state index in [1.807, 2.05) is 56.3 Å². The van der Waals surface area contributed by atoms with Crippen molar-refractivity contribution < 1.29 is 29.0 Å². The van der Waals surface area contributed by atoms with Crippen molar-refractivity contribution in [1.82, 2.24) is 10.6 Å². The van der Waals surface area contributed by atoms with Crippen LogP contribution in [0, 0.1) is 5.92 Å². The number of hydrogen-bond donors (Lipinski definition) is 4. The summed E-state index contributed by atoms with van der Waals surface area (Å²) in [5, 5.41) is 14.9. The number of hydrogen-bond acceptors (Lipinski definition) is 6. The number of nitrogens with two attached hydrogens (primary N) is 1. The highest BCUT2D eigenvalue weighted by atomic mass is 16.6. The van der Waals surface area contributed by atoms with Gasteiger partial charge in [0, 0.05) is 11.1 Å². The van der Waals surface area contributed by atoms with Gasteiger partial charge in [0.15, 0.2) is 11.4 Å². The lowest BCUT2D eigenvalue weighted by Crippen LogP contribution is -2.53. The highest BCUT2D eigenvalue weighted by Gasteiger charge is 2.54. The van der Waals surface area contributed by atoms with Crippen molar-refractivity contribution in [3.63, 3.8) is 0 Å². The molecule has 9 nitrogen and oxygen atoms in total. The van der Waals surface area contributed by atoms with E-state index < -0.39 is 30.2 Å². The lowest BCUT2D eigenvalue weighted by atomic mass is 9.92. The molecule has 1 fully saturated rings. The van der Waals surface area contributed by atoms with Crippen LogP contribution in [0.5, 0.6) is 0 Å². The minimum Gasteiger partial charge on any atom is -0.393 e. The fraction of sp³-hybridized carbons (Fsp3) is 0.312. The molecule has 3 amide bonds. The Kier molecular flexibility index (Phi) is 10.9. The third kappa shape index (κ3) is 8.83. The Balaban J connectivity index is 0.000000436. The molecule has 3 aromatic rings. The first-order chi connectivity index (χ1) is 19.6. The van der Waals surface area contributed by atoms with E-state index in [2.05, 4.69) is 10.6 Å². The van der Waals surface area contributed by atoms with Crippen LogP contribution in [0.2, 0.25) is 0 Å². The Labute approximate surface area is 240 Å². The Morgan fingerprint density at radius 2 is 1.41 bits per heavy atom. The molecule has 0 saturated carbocycles. The lowest BCUT2D eigenvalue weighted by molar-refractivity contribution is -0.132. The summed E-state index contributed by atoms with van der Waals surface area (Å²) in [6.07, 6.45) is 0.412. The van der Waals surface area contributed by atoms with Crippen molar-refractivity contribution in [3.8, 4) is 11.1 Å². The number of epoxide rings is 1. The van der Waals surface area contributed by atoms with Crippen molar-refractivity contribution in [3.05, 3.63) is 96.1 Å². The number of benzene rings is 3. The molecule has 1 aliphatic heterocycles. The lowest BCUT2D eigenvalue weighted by Gasteiger charge is -2.24. The summed E-state index contributed by atoms with van der Waals surface area (Å²) in [6, 6.07) is 24.0. The van der Waals surface area contributed by atoms with Gasteiger partial charge in [0.25, 0.3) is 5.91 Å². The van der Waals surface area contributed by atoms with Gasteiger partial charge in [0.05, 0.1) is 19.3 Å². The standard InChI is InChI=1S/C25H30N2O5.C7H7NO/c1-16(2)12-21(22(29)25(14-28)15-32-25)27-23(30)17(3)26-24(31)20-11-7-10-19(13-20)18-8-5-4-6-9-18;8-7(9)6-4-2-1-3-5-6/h4-11,13,16-17,21,28H,12,14-15H2,1-3H3,(H,26,31)(H,27,30);1-5H,(H2,8,9)/t17-,21?,25?;/m0./s1. The summed E-state index contributed by atoms with van der Waals surface area (Å²) >= 11 is 0. The van der Waals surface area contributed by atoms with Crippen LogP contribution in [-0.4, -0.2) is 59.5 Å². The number of aliphatic hydroxyl groups is 1. The molecule has 0 spiro atoms. The summed E-state index contributed by atoms with van der Waals surface area (Å²) in [7, 11) is 0. The van der Waals surface area contributed by atoms with E-state index >= 15 is 0 Å². The number of carbonyl (C=O) groups excluding carboxylic acids is 4. The highest BCUT2D eigenvalue weighted by Crippen LogP contribution is 2.30. The van der Waals surface area contributed by atoms with E-state index in [0.29, 0.717) is 17.5 Å². The molecule has 0 aliphatic carbocycles. The van der Waals surface area contributed by atoms with Gasteiger partial charge >= 0.3 is 0 Å². The Morgan fingerprint density at radius 3 is 1.93 bits per heavy atom. The highest BCUT2D eigenvalue weighted by molar-refractivity contribution is 6.00. The number of ketones is 1. The number of aliphatic hydroxyl groups excluding tert-OH is 1. The van der Waals surface area contributed by atoms with Crippen LogP contribution in [0.15, 0.2) is 84.9 Å². The number of nitrogens with one attached hydrogen (secondary N) is 2. The van der Waals surface area contributed by atoms with E-state index in [-0.39, 0.29) is 30.1 Å². The molecular formula is C32H37N3O6. The molecule has 1 heterocycles. The normalized spacial score (nSPS) is 16.9. The second-order valence-corrected chi connectivity index (χ2v) is 10.4. The average Bonchev–Trinajstić information content (AvgIpc) is 3.79. The van der Waals surface area contributed by atoms with E-state index in [4.69, 9.17) is 10.5 Å². The predicted molar refractivity (Wildman–Crippen MR) is 156 cm³/mol. The zero-order valence-electron chi connectivity index (χ0n) is 23.5. The molecular weight excluding hydrogens is 522 g/mol. The number of ether oxygens (including phenoxy) is 1. The Hall–Kier alpha value is -4.34. The molecule has 0 radical (unpaired) electrons. The fourth-order valence-electron chi connectivity index (χ4n) is 4.13. The van der Waals surface area contributed by atoms with Gasteiger partial charge in [-0.1, -0.05) is 74.5 Å². The van der Waals surface area contributed by atoms with Gasteiger partial charge in [-0.15, -0.1) is 0 Å². The molecule has 0 aromatic heterocycles. The van der Waals surface area contributed by atoms with Crippen LogP contribution >= 0.6 is 0 Å². The van der Waals surface area contributed by atoms with Crippen LogP contribution in [0.25, 0.3) is 11.1 Å². The first-order valence-corrected chi connectivity index (χ1v) is 13.5. The van der Waals surface area contributed by atoms with Crippen LogP contribution in [0.1, 0.15) is 47.9 Å². The van der Waals surface area contributed by atoms with Crippen molar-refractivity contribution in [2.45, 2.75) is 44.9 Å². The van der Waals surface area contributed by atoms with Gasteiger partial charge < -0.3 is 26.2 Å². The minimum absolute atomic E-state index is 0.143. The molecule has 4 rings (SSSR count). The molecule has 1 aliphatic rings. The summed E-state index contributed by atoms with van der Waals surface area (Å²) in [5.41, 5.74) is 6.64. The van der Waals surface area contributed by atoms with Crippen molar-refractivity contribution in [2.75, 3.05) is 13.2 Å². The summed E-state index contributed by atoms with van der Waals surface area (Å²) in [6.45, 7) is 5.19. The smallest absolute Gasteiger partial charge is 0.251 e. The van der Waals surface area contributed by atoms with Crippen LogP contribution in [0.4, 0.5) is 0 Å². The maximum atomic E-state index is 12.8. The number of rotatable bonds is 11. The number of amides is 3. The monoisotopic (exact) mass is 559 g/mol. The molecule has 0 bridgehead atoms. The van der Waals surface area contributed by atoms with Gasteiger partial charge in [-0.3, -0.25) is 19.2 Å². The van der Waals surface area contributed by atoms with E-state index in [9.17, 15) is 24.3 Å². The molecule has 41 heavy (non-hydrogen) atoms. The van der Waals surface area contributed by atoms with Crippen LogP contribution < -0.4 is 16.4 Å². The SMILES string of the molecule is CC(C)CC(NC(=O)[C@H](C)NC(=O)c1cccc(-c2ccccc2)c1)C(=O)C1(CO)CO1.NC(=O)c1ccccc1. The second kappa shape index (κ2) is 14.3. The maximum absolute atomic E-state index is 12.8. The quantitative estimate of drug-likeness (QED) is 0.265. The van der Waals surface area contributed by atoms with Crippen LogP contribution in [-0.2, 0) is 14.3 Å². The van der Waals surface area contributed by atoms with Gasteiger partial charge in [-0.2, -0.15) is 0 Å². The van der Waals surface area contributed by atoms with E-state index in [1.54, 1.807) is 49.4 Å². The number of Topliss-reactive ketones (excluding diaryl/α,β-unsaturated/α-hetero) is 1. The minimum atomic E-state index is -1.21.